The number of nitrogens with one attached hydrogen (secondary N) is 2. The molecule has 2 heterocycles. The molecule has 9 nitrogen and oxygen atoms in total. The van der Waals surface area contributed by atoms with Crippen molar-refractivity contribution >= 4 is 47.8 Å². The van der Waals surface area contributed by atoms with Crippen molar-refractivity contribution in [3.8, 4) is 0 Å². The largest absolute Gasteiger partial charge is 0.370 e. The summed E-state index contributed by atoms with van der Waals surface area (Å²) in [7, 11) is 0. The minimum absolute atomic E-state index is 0. The number of guanidine groups is 1. The summed E-state index contributed by atoms with van der Waals surface area (Å²) in [5.74, 6) is 0.492. The van der Waals surface area contributed by atoms with Crippen molar-refractivity contribution in [3.05, 3.63) is 0 Å². The smallest absolute Gasteiger partial charge is 0.324 e. The van der Waals surface area contributed by atoms with Crippen LogP contribution in [0.15, 0.2) is 4.99 Å². The number of nitrogens with two attached hydrogens (primary N) is 1. The number of carbonyl (C=O) groups is 3. The summed E-state index contributed by atoms with van der Waals surface area (Å²) in [6.45, 7) is 4.97. The third kappa shape index (κ3) is 6.33. The highest BCUT2D eigenvalue weighted by atomic mass is 127. The van der Waals surface area contributed by atoms with E-state index in [1.807, 2.05) is 6.92 Å². The Bertz CT molecular complexity index is 511. The van der Waals surface area contributed by atoms with E-state index in [0.29, 0.717) is 13.0 Å². The lowest BCUT2D eigenvalue weighted by molar-refractivity contribution is -0.125. The van der Waals surface area contributed by atoms with E-state index in [9.17, 15) is 14.4 Å². The first-order valence-electron chi connectivity index (χ1n) is 8.41. The van der Waals surface area contributed by atoms with Crippen LogP contribution in [0.3, 0.4) is 0 Å². The second-order valence-corrected chi connectivity index (χ2v) is 6.06. The van der Waals surface area contributed by atoms with Crippen LogP contribution in [0.1, 0.15) is 26.2 Å². The highest BCUT2D eigenvalue weighted by Gasteiger charge is 2.28. The molecule has 25 heavy (non-hydrogen) atoms. The van der Waals surface area contributed by atoms with Gasteiger partial charge in [0.25, 0.3) is 0 Å². The summed E-state index contributed by atoms with van der Waals surface area (Å²) in [5.41, 5.74) is 5.30. The Morgan fingerprint density at radius 2 is 2.20 bits per heavy atom. The quantitative estimate of drug-likeness (QED) is 0.215. The summed E-state index contributed by atoms with van der Waals surface area (Å²) in [4.78, 5) is 42.0. The van der Waals surface area contributed by atoms with Gasteiger partial charge in [-0.2, -0.15) is 0 Å². The number of carbonyl (C=O) groups excluding carboxylic acids is 3. The van der Waals surface area contributed by atoms with Crippen LogP contribution in [0.25, 0.3) is 0 Å². The van der Waals surface area contributed by atoms with Crippen molar-refractivity contribution in [2.45, 2.75) is 26.2 Å². The minimum Gasteiger partial charge on any atom is -0.370 e. The molecule has 1 unspecified atom stereocenters. The summed E-state index contributed by atoms with van der Waals surface area (Å²) < 4.78 is 0. The van der Waals surface area contributed by atoms with Crippen LogP contribution in [0.2, 0.25) is 0 Å². The van der Waals surface area contributed by atoms with Gasteiger partial charge >= 0.3 is 6.03 Å². The van der Waals surface area contributed by atoms with E-state index in [1.54, 1.807) is 0 Å². The highest BCUT2D eigenvalue weighted by Crippen LogP contribution is 2.19. The number of aliphatic imine (C=N–C) groups is 1. The van der Waals surface area contributed by atoms with E-state index in [-0.39, 0.29) is 60.8 Å². The first-order valence-corrected chi connectivity index (χ1v) is 8.41. The molecule has 1 atom stereocenters. The van der Waals surface area contributed by atoms with Gasteiger partial charge in [0.2, 0.25) is 11.8 Å². The molecule has 2 aliphatic heterocycles. The van der Waals surface area contributed by atoms with Gasteiger partial charge < -0.3 is 21.3 Å². The van der Waals surface area contributed by atoms with Crippen LogP contribution in [0.5, 0.6) is 0 Å². The molecule has 0 aromatic carbocycles. The maximum Gasteiger partial charge on any atom is 0.324 e. The molecule has 0 aromatic heterocycles. The molecule has 0 aromatic rings. The van der Waals surface area contributed by atoms with Gasteiger partial charge in [0.05, 0.1) is 19.6 Å². The number of primary amides is 1. The molecule has 10 heteroatoms. The lowest BCUT2D eigenvalue weighted by atomic mass is 9.95. The Balaban J connectivity index is 0.00000312. The van der Waals surface area contributed by atoms with E-state index < -0.39 is 0 Å². The zero-order valence-corrected chi connectivity index (χ0v) is 16.8. The SMILES string of the molecule is CCNC(=NCCN1C(=O)CNC1=O)N1CCCC(CC(N)=O)C1.I. The van der Waals surface area contributed by atoms with Gasteiger partial charge in [0.1, 0.15) is 0 Å². The molecule has 142 valence electrons. The molecule has 0 bridgehead atoms. The third-order valence-electron chi connectivity index (χ3n) is 4.17. The van der Waals surface area contributed by atoms with Gasteiger partial charge in [-0.1, -0.05) is 0 Å². The number of hydrogen-bond acceptors (Lipinski definition) is 4. The molecule has 0 radical (unpaired) electrons. The average molecular weight is 466 g/mol. The van der Waals surface area contributed by atoms with Gasteiger partial charge in [0.15, 0.2) is 5.96 Å². The fraction of sp³-hybridized carbons (Fsp3) is 0.733. The standard InChI is InChI=1S/C15H26N6O3.HI/c1-2-17-14(18-5-7-21-13(23)9-19-15(21)24)20-6-3-4-11(10-20)8-12(16)22;/h11H,2-10H2,1H3,(H2,16,22)(H,17,18)(H,19,24);1H. The molecule has 0 aliphatic carbocycles. The fourth-order valence-corrected chi connectivity index (χ4v) is 3.07. The number of rotatable bonds is 6. The van der Waals surface area contributed by atoms with Gasteiger partial charge in [-0.05, 0) is 25.7 Å². The van der Waals surface area contributed by atoms with Crippen LogP contribution in [0.4, 0.5) is 4.79 Å². The van der Waals surface area contributed by atoms with Crippen molar-refractivity contribution in [2.24, 2.45) is 16.6 Å². The monoisotopic (exact) mass is 466 g/mol. The van der Waals surface area contributed by atoms with E-state index in [0.717, 1.165) is 38.4 Å². The van der Waals surface area contributed by atoms with Crippen LogP contribution in [-0.2, 0) is 9.59 Å². The van der Waals surface area contributed by atoms with Crippen molar-refractivity contribution < 1.29 is 14.4 Å². The van der Waals surface area contributed by atoms with E-state index in [2.05, 4.69) is 20.5 Å². The number of imide groups is 1. The average Bonchev–Trinajstić information content (AvgIpc) is 2.85. The first kappa shape index (κ1) is 21.5. The zero-order chi connectivity index (χ0) is 17.5. The normalized spacial score (nSPS) is 21.0. The summed E-state index contributed by atoms with van der Waals surface area (Å²) in [6.07, 6.45) is 2.36. The Morgan fingerprint density at radius 3 is 2.80 bits per heavy atom. The summed E-state index contributed by atoms with van der Waals surface area (Å²) >= 11 is 0. The van der Waals surface area contributed by atoms with Crippen LogP contribution in [-0.4, -0.2) is 72.9 Å². The first-order chi connectivity index (χ1) is 11.5. The molecule has 0 spiro atoms. The van der Waals surface area contributed by atoms with Crippen molar-refractivity contribution in [2.75, 3.05) is 39.3 Å². The topological polar surface area (TPSA) is 120 Å². The van der Waals surface area contributed by atoms with E-state index in [1.165, 1.54) is 4.90 Å². The lowest BCUT2D eigenvalue weighted by Gasteiger charge is -2.34. The molecule has 4 amide bonds. The Labute approximate surface area is 164 Å². The van der Waals surface area contributed by atoms with E-state index >= 15 is 0 Å². The number of hydrogen-bond donors (Lipinski definition) is 3. The number of nitrogens with zero attached hydrogens (tertiary/aromatic N) is 3. The minimum atomic E-state index is -0.361. The number of amides is 4. The Hall–Kier alpha value is -1.59. The van der Waals surface area contributed by atoms with Crippen LogP contribution < -0.4 is 16.4 Å². The number of piperidine rings is 1. The second-order valence-electron chi connectivity index (χ2n) is 6.06. The fourth-order valence-electron chi connectivity index (χ4n) is 3.07. The van der Waals surface area contributed by atoms with Crippen molar-refractivity contribution in [3.63, 3.8) is 0 Å². The van der Waals surface area contributed by atoms with Gasteiger partial charge in [0, 0.05) is 26.1 Å². The molecule has 2 aliphatic rings. The second kappa shape index (κ2) is 10.4. The number of halogens is 1. The summed E-state index contributed by atoms with van der Waals surface area (Å²) in [6, 6.07) is -0.361. The molecular weight excluding hydrogens is 439 g/mol. The Morgan fingerprint density at radius 1 is 1.44 bits per heavy atom. The lowest BCUT2D eigenvalue weighted by Crippen LogP contribution is -2.47. The van der Waals surface area contributed by atoms with Crippen molar-refractivity contribution in [1.29, 1.82) is 0 Å². The highest BCUT2D eigenvalue weighted by molar-refractivity contribution is 14.0. The predicted molar refractivity (Wildman–Crippen MR) is 105 cm³/mol. The Kier molecular flexibility index (Phi) is 8.93. The van der Waals surface area contributed by atoms with Crippen molar-refractivity contribution in [1.82, 2.24) is 20.4 Å². The molecule has 4 N–H and O–H groups in total. The predicted octanol–water partition coefficient (Wildman–Crippen LogP) is -0.291. The summed E-state index contributed by atoms with van der Waals surface area (Å²) in [5, 5.41) is 5.72. The van der Waals surface area contributed by atoms with Crippen LogP contribution in [0, 0.1) is 5.92 Å². The van der Waals surface area contributed by atoms with E-state index in [4.69, 9.17) is 5.73 Å². The van der Waals surface area contributed by atoms with Gasteiger partial charge in [-0.25, -0.2) is 4.79 Å². The molecule has 2 rings (SSSR count). The van der Waals surface area contributed by atoms with Gasteiger partial charge in [-0.3, -0.25) is 19.5 Å². The van der Waals surface area contributed by atoms with Gasteiger partial charge in [-0.15, -0.1) is 24.0 Å². The zero-order valence-electron chi connectivity index (χ0n) is 14.5. The number of likely N-dealkylation sites (tertiary alicyclic amines) is 1. The third-order valence-corrected chi connectivity index (χ3v) is 4.17. The molecule has 2 saturated heterocycles. The number of urea groups is 1. The van der Waals surface area contributed by atoms with Crippen LogP contribution >= 0.6 is 24.0 Å². The maximum atomic E-state index is 11.6. The molecule has 2 fully saturated rings. The molecule has 0 saturated carbocycles. The molecular formula is C15H27IN6O3. The maximum absolute atomic E-state index is 11.6.